The molecule has 1 aromatic rings. The summed E-state index contributed by atoms with van der Waals surface area (Å²) in [6.07, 6.45) is 4.65. The molecule has 0 amide bonds. The molecule has 1 fully saturated rings. The van der Waals surface area contributed by atoms with Crippen molar-refractivity contribution >= 4 is 21.4 Å². The maximum absolute atomic E-state index is 12.7. The Balaban J connectivity index is 2.07. The van der Waals surface area contributed by atoms with Crippen LogP contribution in [-0.4, -0.2) is 32.9 Å². The molecule has 4 nitrogen and oxygen atoms in total. The van der Waals surface area contributed by atoms with E-state index in [9.17, 15) is 8.42 Å². The van der Waals surface area contributed by atoms with E-state index in [1.807, 2.05) is 13.0 Å². The molecule has 0 atom stereocenters. The average molecular weight is 331 g/mol. The molecule has 6 heteroatoms. The molecule has 1 saturated carbocycles. The molecule has 0 bridgehead atoms. The van der Waals surface area contributed by atoms with E-state index in [1.165, 1.54) is 10.7 Å². The Hall–Kier alpha value is -0.430. The summed E-state index contributed by atoms with van der Waals surface area (Å²) >= 11 is 1.58. The fraction of sp³-hybridized carbons (Fsp3) is 0.733. The number of hydrogen-bond donors (Lipinski definition) is 1. The summed E-state index contributed by atoms with van der Waals surface area (Å²) in [4.78, 5) is 2.47. The van der Waals surface area contributed by atoms with E-state index < -0.39 is 10.0 Å². The van der Waals surface area contributed by atoms with Gasteiger partial charge in [-0.25, -0.2) is 12.7 Å². The molecule has 120 valence electrons. The number of sulfonamides is 1. The highest BCUT2D eigenvalue weighted by molar-refractivity contribution is 7.89. The van der Waals surface area contributed by atoms with E-state index in [0.717, 1.165) is 42.1 Å². The monoisotopic (exact) mass is 330 g/mol. The van der Waals surface area contributed by atoms with Crippen LogP contribution in [0.3, 0.4) is 0 Å². The Morgan fingerprint density at radius 3 is 2.71 bits per heavy atom. The summed E-state index contributed by atoms with van der Waals surface area (Å²) in [5.41, 5.74) is 0. The van der Waals surface area contributed by atoms with Crippen molar-refractivity contribution in [1.29, 1.82) is 0 Å². The van der Waals surface area contributed by atoms with Crippen molar-refractivity contribution < 1.29 is 8.42 Å². The molecule has 1 heterocycles. The molecule has 1 aliphatic rings. The molecule has 0 aromatic carbocycles. The molecule has 0 saturated heterocycles. The van der Waals surface area contributed by atoms with Gasteiger partial charge < -0.3 is 5.32 Å². The van der Waals surface area contributed by atoms with Gasteiger partial charge in [0.2, 0.25) is 10.0 Å². The van der Waals surface area contributed by atoms with Crippen LogP contribution in [0, 0.1) is 12.8 Å². The lowest BCUT2D eigenvalue weighted by molar-refractivity contribution is 0.263. The van der Waals surface area contributed by atoms with Crippen molar-refractivity contribution in [1.82, 2.24) is 9.62 Å². The van der Waals surface area contributed by atoms with Crippen molar-refractivity contribution in [2.75, 3.05) is 20.1 Å². The van der Waals surface area contributed by atoms with Gasteiger partial charge in [0.15, 0.2) is 0 Å². The number of nitrogens with one attached hydrogen (secondary N) is 1. The molecule has 0 aliphatic heterocycles. The van der Waals surface area contributed by atoms with Crippen molar-refractivity contribution in [3.05, 3.63) is 15.8 Å². The Bertz CT molecular complexity index is 562. The highest BCUT2D eigenvalue weighted by Crippen LogP contribution is 2.31. The minimum absolute atomic E-state index is 0.489. The van der Waals surface area contributed by atoms with Crippen LogP contribution in [0.1, 0.15) is 42.4 Å². The molecule has 2 rings (SSSR count). The van der Waals surface area contributed by atoms with Gasteiger partial charge in [0.25, 0.3) is 0 Å². The van der Waals surface area contributed by atoms with Gasteiger partial charge >= 0.3 is 0 Å². The lowest BCUT2D eigenvalue weighted by Crippen LogP contribution is -2.34. The van der Waals surface area contributed by atoms with Gasteiger partial charge in [0.1, 0.15) is 0 Å². The molecule has 0 unspecified atom stereocenters. The SMILES string of the molecule is CCCNCc1cc(S(=O)(=O)N(C)CC2CCC2)c(C)s1. The van der Waals surface area contributed by atoms with Gasteiger partial charge in [-0.05, 0) is 44.7 Å². The highest BCUT2D eigenvalue weighted by Gasteiger charge is 2.28. The second kappa shape index (κ2) is 7.22. The quantitative estimate of drug-likeness (QED) is 0.746. The predicted molar refractivity (Wildman–Crippen MR) is 88.2 cm³/mol. The topological polar surface area (TPSA) is 49.4 Å². The molecule has 1 aliphatic carbocycles. The maximum Gasteiger partial charge on any atom is 0.243 e. The Morgan fingerprint density at radius 2 is 2.14 bits per heavy atom. The maximum atomic E-state index is 12.7. The summed E-state index contributed by atoms with van der Waals surface area (Å²) in [7, 11) is -1.63. The van der Waals surface area contributed by atoms with Crippen LogP contribution in [0.2, 0.25) is 0 Å². The molecular weight excluding hydrogens is 304 g/mol. The largest absolute Gasteiger partial charge is 0.312 e. The first-order chi connectivity index (χ1) is 9.95. The second-order valence-corrected chi connectivity index (χ2v) is 9.25. The molecule has 1 N–H and O–H groups in total. The van der Waals surface area contributed by atoms with Gasteiger partial charge in [0, 0.05) is 29.9 Å². The molecule has 1 aromatic heterocycles. The third-order valence-corrected chi connectivity index (χ3v) is 7.21. The van der Waals surface area contributed by atoms with E-state index in [2.05, 4.69) is 12.2 Å². The fourth-order valence-electron chi connectivity index (χ4n) is 2.56. The molecule has 21 heavy (non-hydrogen) atoms. The van der Waals surface area contributed by atoms with Crippen LogP contribution in [0.25, 0.3) is 0 Å². The van der Waals surface area contributed by atoms with E-state index in [1.54, 1.807) is 18.4 Å². The average Bonchev–Trinajstić information content (AvgIpc) is 2.75. The third-order valence-electron chi connectivity index (χ3n) is 4.08. The first-order valence-corrected chi connectivity index (χ1v) is 9.97. The summed E-state index contributed by atoms with van der Waals surface area (Å²) in [6, 6.07) is 1.84. The summed E-state index contributed by atoms with van der Waals surface area (Å²) in [5.74, 6) is 0.550. The minimum Gasteiger partial charge on any atom is -0.312 e. The van der Waals surface area contributed by atoms with Gasteiger partial charge in [0.05, 0.1) is 4.90 Å². The Labute approximate surface area is 132 Å². The summed E-state index contributed by atoms with van der Waals surface area (Å²) in [5, 5.41) is 3.33. The second-order valence-electron chi connectivity index (χ2n) is 5.89. The van der Waals surface area contributed by atoms with E-state index in [4.69, 9.17) is 0 Å². The standard InChI is InChI=1S/C15H26N2O2S2/c1-4-8-16-10-14-9-15(12(2)20-14)21(18,19)17(3)11-13-6-5-7-13/h9,13,16H,4-8,10-11H2,1-3H3. The lowest BCUT2D eigenvalue weighted by atomic mass is 9.86. The number of hydrogen-bond acceptors (Lipinski definition) is 4. The van der Waals surface area contributed by atoms with Crippen LogP contribution < -0.4 is 5.32 Å². The predicted octanol–water partition coefficient (Wildman–Crippen LogP) is 2.98. The lowest BCUT2D eigenvalue weighted by Gasteiger charge is -2.29. The minimum atomic E-state index is -3.33. The van der Waals surface area contributed by atoms with Crippen LogP contribution in [0.5, 0.6) is 0 Å². The van der Waals surface area contributed by atoms with Gasteiger partial charge in [-0.3, -0.25) is 0 Å². The smallest absolute Gasteiger partial charge is 0.243 e. The number of aryl methyl sites for hydroxylation is 1. The zero-order valence-corrected chi connectivity index (χ0v) is 14.8. The zero-order chi connectivity index (χ0) is 15.5. The molecular formula is C15H26N2O2S2. The van der Waals surface area contributed by atoms with Gasteiger partial charge in [-0.15, -0.1) is 11.3 Å². The van der Waals surface area contributed by atoms with Crippen LogP contribution in [-0.2, 0) is 16.6 Å². The Morgan fingerprint density at radius 1 is 1.43 bits per heavy atom. The van der Waals surface area contributed by atoms with Crippen LogP contribution in [0.15, 0.2) is 11.0 Å². The first-order valence-electron chi connectivity index (χ1n) is 7.71. The van der Waals surface area contributed by atoms with Crippen molar-refractivity contribution in [3.8, 4) is 0 Å². The summed E-state index contributed by atoms with van der Waals surface area (Å²) < 4.78 is 26.9. The van der Waals surface area contributed by atoms with Gasteiger partial charge in [-0.2, -0.15) is 0 Å². The number of nitrogens with zero attached hydrogens (tertiary/aromatic N) is 1. The van der Waals surface area contributed by atoms with Crippen LogP contribution >= 0.6 is 11.3 Å². The third kappa shape index (κ3) is 4.06. The molecule has 0 spiro atoms. The van der Waals surface area contributed by atoms with E-state index in [0.29, 0.717) is 17.4 Å². The zero-order valence-electron chi connectivity index (χ0n) is 13.2. The van der Waals surface area contributed by atoms with E-state index >= 15 is 0 Å². The van der Waals surface area contributed by atoms with Crippen molar-refractivity contribution in [2.45, 2.75) is 51.0 Å². The Kier molecular flexibility index (Phi) is 5.82. The fourth-order valence-corrected chi connectivity index (χ4v) is 5.38. The summed E-state index contributed by atoms with van der Waals surface area (Å²) in [6.45, 7) is 6.39. The van der Waals surface area contributed by atoms with E-state index in [-0.39, 0.29) is 0 Å². The number of thiophene rings is 1. The van der Waals surface area contributed by atoms with Crippen molar-refractivity contribution in [2.24, 2.45) is 5.92 Å². The number of rotatable bonds is 8. The first kappa shape index (κ1) is 16.9. The highest BCUT2D eigenvalue weighted by atomic mass is 32.2. The van der Waals surface area contributed by atoms with Crippen LogP contribution in [0.4, 0.5) is 0 Å². The molecule has 0 radical (unpaired) electrons. The normalized spacial score (nSPS) is 16.4. The van der Waals surface area contributed by atoms with Gasteiger partial charge in [-0.1, -0.05) is 13.3 Å². The van der Waals surface area contributed by atoms with Crippen molar-refractivity contribution in [3.63, 3.8) is 0 Å².